The van der Waals surface area contributed by atoms with Crippen LogP contribution in [0, 0.1) is 5.92 Å². The summed E-state index contributed by atoms with van der Waals surface area (Å²) < 4.78 is 5.04. The fourth-order valence-corrected chi connectivity index (χ4v) is 3.43. The average Bonchev–Trinajstić information content (AvgIpc) is 3.18. The number of hydrogen-bond acceptors (Lipinski definition) is 5. The number of hydrogen-bond donors (Lipinski definition) is 1. The van der Waals surface area contributed by atoms with Crippen molar-refractivity contribution in [3.8, 4) is 10.6 Å². The van der Waals surface area contributed by atoms with E-state index in [2.05, 4.69) is 11.9 Å². The summed E-state index contributed by atoms with van der Waals surface area (Å²) in [6, 6.07) is 2.03. The minimum atomic E-state index is -0.0494. The molecule has 0 aromatic carbocycles. The number of amides is 1. The minimum Gasteiger partial charge on any atom is -0.472 e. The van der Waals surface area contributed by atoms with Crippen LogP contribution in [-0.4, -0.2) is 40.1 Å². The van der Waals surface area contributed by atoms with Gasteiger partial charge in [-0.1, -0.05) is 0 Å². The lowest BCUT2D eigenvalue weighted by molar-refractivity contribution is 0.0484. The van der Waals surface area contributed by atoms with E-state index in [1.54, 1.807) is 17.9 Å². The van der Waals surface area contributed by atoms with E-state index in [4.69, 9.17) is 4.42 Å². The van der Waals surface area contributed by atoms with Crippen LogP contribution in [0.25, 0.3) is 10.6 Å². The maximum absolute atomic E-state index is 12.6. The smallest absolute Gasteiger partial charge is 0.273 e. The molecule has 112 valence electrons. The molecule has 21 heavy (non-hydrogen) atoms. The van der Waals surface area contributed by atoms with Crippen LogP contribution in [0.3, 0.4) is 0 Å². The van der Waals surface area contributed by atoms with Gasteiger partial charge in [0.25, 0.3) is 5.91 Å². The highest BCUT2D eigenvalue weighted by atomic mass is 32.1. The van der Waals surface area contributed by atoms with Crippen LogP contribution in [0.2, 0.25) is 0 Å². The number of furan rings is 1. The fraction of sp³-hybridized carbons (Fsp3) is 0.467. The Morgan fingerprint density at radius 3 is 3.14 bits per heavy atom. The first-order chi connectivity index (χ1) is 10.2. The third-order valence-corrected chi connectivity index (χ3v) is 4.88. The van der Waals surface area contributed by atoms with Crippen LogP contribution in [0.15, 0.2) is 28.4 Å². The Morgan fingerprint density at radius 2 is 2.43 bits per heavy atom. The Labute approximate surface area is 127 Å². The summed E-state index contributed by atoms with van der Waals surface area (Å²) in [5.74, 6) is 0.128. The zero-order valence-electron chi connectivity index (χ0n) is 11.9. The lowest BCUT2D eigenvalue weighted by Gasteiger charge is -2.37. The number of rotatable bonds is 3. The Kier molecular flexibility index (Phi) is 4.07. The molecular weight excluding hydrogens is 288 g/mol. The molecule has 5 nitrogen and oxygen atoms in total. The quantitative estimate of drug-likeness (QED) is 0.946. The SMILES string of the molecule is CC1CCC(CO)CN1C(=O)c1csc(-c2ccoc2)n1. The summed E-state index contributed by atoms with van der Waals surface area (Å²) in [5, 5.41) is 11.9. The highest BCUT2D eigenvalue weighted by Crippen LogP contribution is 2.27. The number of carbonyl (C=O) groups is 1. The molecular formula is C15H18N2O3S. The van der Waals surface area contributed by atoms with E-state index in [9.17, 15) is 9.90 Å². The van der Waals surface area contributed by atoms with Gasteiger partial charge < -0.3 is 14.4 Å². The molecule has 2 aromatic rings. The topological polar surface area (TPSA) is 66.6 Å². The van der Waals surface area contributed by atoms with E-state index in [-0.39, 0.29) is 24.5 Å². The van der Waals surface area contributed by atoms with Gasteiger partial charge >= 0.3 is 0 Å². The minimum absolute atomic E-state index is 0.0494. The van der Waals surface area contributed by atoms with Gasteiger partial charge in [-0.15, -0.1) is 11.3 Å². The van der Waals surface area contributed by atoms with Gasteiger partial charge in [0.05, 0.1) is 6.26 Å². The standard InChI is InChI=1S/C15H18N2O3S/c1-10-2-3-11(7-18)6-17(10)15(19)13-9-21-14(16-13)12-4-5-20-8-12/h4-5,8-11,18H,2-3,6-7H2,1H3. The number of piperidine rings is 1. The molecule has 1 N–H and O–H groups in total. The van der Waals surface area contributed by atoms with Crippen LogP contribution in [0.4, 0.5) is 0 Å². The molecule has 0 aliphatic carbocycles. The van der Waals surface area contributed by atoms with Gasteiger partial charge in [0.2, 0.25) is 0 Å². The number of nitrogens with zero attached hydrogens (tertiary/aromatic N) is 2. The van der Waals surface area contributed by atoms with E-state index < -0.39 is 0 Å². The molecule has 6 heteroatoms. The lowest BCUT2D eigenvalue weighted by atomic mass is 9.94. The third kappa shape index (κ3) is 2.87. The van der Waals surface area contributed by atoms with Crippen molar-refractivity contribution in [3.63, 3.8) is 0 Å². The Bertz CT molecular complexity index is 608. The molecule has 0 saturated carbocycles. The largest absolute Gasteiger partial charge is 0.472 e. The molecule has 2 aromatic heterocycles. The highest BCUT2D eigenvalue weighted by Gasteiger charge is 2.30. The van der Waals surface area contributed by atoms with E-state index in [0.717, 1.165) is 23.4 Å². The van der Waals surface area contributed by atoms with Gasteiger partial charge in [-0.25, -0.2) is 4.98 Å². The molecule has 3 rings (SSSR count). The monoisotopic (exact) mass is 306 g/mol. The molecule has 1 aliphatic rings. The Hall–Kier alpha value is -1.66. The number of aromatic nitrogens is 1. The fourth-order valence-electron chi connectivity index (χ4n) is 2.65. The molecule has 3 heterocycles. The van der Waals surface area contributed by atoms with Gasteiger partial charge in [0.1, 0.15) is 17.0 Å². The summed E-state index contributed by atoms with van der Waals surface area (Å²) in [6.07, 6.45) is 5.11. The molecule has 1 fully saturated rings. The number of aliphatic hydroxyl groups excluding tert-OH is 1. The second kappa shape index (κ2) is 5.99. The predicted octanol–water partition coefficient (Wildman–Crippen LogP) is 2.64. The summed E-state index contributed by atoms with van der Waals surface area (Å²) in [6.45, 7) is 2.79. The first-order valence-electron chi connectivity index (χ1n) is 7.09. The van der Waals surface area contributed by atoms with Crippen molar-refractivity contribution in [2.24, 2.45) is 5.92 Å². The lowest BCUT2D eigenvalue weighted by Crippen LogP contribution is -2.46. The summed E-state index contributed by atoms with van der Waals surface area (Å²) >= 11 is 1.44. The van der Waals surface area contributed by atoms with Crippen LogP contribution < -0.4 is 0 Å². The second-order valence-electron chi connectivity index (χ2n) is 5.48. The van der Waals surface area contributed by atoms with Crippen molar-refractivity contribution in [1.82, 2.24) is 9.88 Å². The summed E-state index contributed by atoms with van der Waals surface area (Å²) in [5.41, 5.74) is 1.36. The predicted molar refractivity (Wildman–Crippen MR) is 80.1 cm³/mol. The Balaban J connectivity index is 1.78. The van der Waals surface area contributed by atoms with Crippen molar-refractivity contribution in [1.29, 1.82) is 0 Å². The van der Waals surface area contributed by atoms with Crippen LogP contribution in [0.5, 0.6) is 0 Å². The van der Waals surface area contributed by atoms with Crippen molar-refractivity contribution < 1.29 is 14.3 Å². The number of thiazole rings is 1. The van der Waals surface area contributed by atoms with E-state index in [0.29, 0.717) is 12.2 Å². The second-order valence-corrected chi connectivity index (χ2v) is 6.34. The molecule has 1 amide bonds. The molecule has 1 saturated heterocycles. The van der Waals surface area contributed by atoms with Crippen LogP contribution in [-0.2, 0) is 0 Å². The van der Waals surface area contributed by atoms with Crippen molar-refractivity contribution in [3.05, 3.63) is 29.7 Å². The zero-order valence-corrected chi connectivity index (χ0v) is 12.7. The van der Waals surface area contributed by atoms with Gasteiger partial charge in [0, 0.05) is 30.1 Å². The normalized spacial score (nSPS) is 22.5. The number of likely N-dealkylation sites (tertiary alicyclic amines) is 1. The first-order valence-corrected chi connectivity index (χ1v) is 7.97. The van der Waals surface area contributed by atoms with E-state index >= 15 is 0 Å². The number of aliphatic hydroxyl groups is 1. The zero-order chi connectivity index (χ0) is 14.8. The molecule has 0 spiro atoms. The summed E-state index contributed by atoms with van der Waals surface area (Å²) in [7, 11) is 0. The van der Waals surface area contributed by atoms with Gasteiger partial charge in [-0.2, -0.15) is 0 Å². The van der Waals surface area contributed by atoms with Gasteiger partial charge in [-0.3, -0.25) is 4.79 Å². The maximum atomic E-state index is 12.6. The third-order valence-electron chi connectivity index (χ3n) is 3.99. The molecule has 2 unspecified atom stereocenters. The molecule has 0 bridgehead atoms. The Morgan fingerprint density at radius 1 is 1.57 bits per heavy atom. The highest BCUT2D eigenvalue weighted by molar-refractivity contribution is 7.13. The average molecular weight is 306 g/mol. The molecule has 1 aliphatic heterocycles. The van der Waals surface area contributed by atoms with Crippen molar-refractivity contribution in [2.45, 2.75) is 25.8 Å². The van der Waals surface area contributed by atoms with E-state index in [1.807, 2.05) is 11.0 Å². The van der Waals surface area contributed by atoms with Crippen molar-refractivity contribution in [2.75, 3.05) is 13.2 Å². The first kappa shape index (κ1) is 14.3. The van der Waals surface area contributed by atoms with Gasteiger partial charge in [-0.05, 0) is 31.7 Å². The number of carbonyl (C=O) groups excluding carboxylic acids is 1. The van der Waals surface area contributed by atoms with Crippen LogP contribution >= 0.6 is 11.3 Å². The summed E-state index contributed by atoms with van der Waals surface area (Å²) in [4.78, 5) is 18.9. The van der Waals surface area contributed by atoms with Crippen LogP contribution in [0.1, 0.15) is 30.3 Å². The van der Waals surface area contributed by atoms with E-state index in [1.165, 1.54) is 11.3 Å². The molecule has 2 atom stereocenters. The van der Waals surface area contributed by atoms with Crippen molar-refractivity contribution >= 4 is 17.2 Å². The van der Waals surface area contributed by atoms with Gasteiger partial charge in [0.15, 0.2) is 0 Å². The maximum Gasteiger partial charge on any atom is 0.273 e. The molecule has 0 radical (unpaired) electrons.